The lowest BCUT2D eigenvalue weighted by molar-refractivity contribution is 0.322. The second-order valence-electron chi connectivity index (χ2n) is 2.93. The molecule has 0 aromatic carbocycles. The van der Waals surface area contributed by atoms with Crippen LogP contribution in [0.2, 0.25) is 0 Å². The van der Waals surface area contributed by atoms with Crippen LogP contribution in [0.25, 0.3) is 0 Å². The van der Waals surface area contributed by atoms with Gasteiger partial charge in [0.15, 0.2) is 0 Å². The van der Waals surface area contributed by atoms with E-state index < -0.39 is 0 Å². The lowest BCUT2D eigenvalue weighted by Crippen LogP contribution is -1.80. The predicted octanol–water partition coefficient (Wildman–Crippen LogP) is 2.35. The topological polar surface area (TPSA) is 45.5 Å². The summed E-state index contributed by atoms with van der Waals surface area (Å²) in [4.78, 5) is 4.82. The first kappa shape index (κ1) is 10.4. The number of thiophene rings is 1. The van der Waals surface area contributed by atoms with Gasteiger partial charge in [0.1, 0.15) is 0 Å². The SMILES string of the molecule is O/N=C\c1sccc1C#Cc1cccnc1. The molecule has 0 spiro atoms. The van der Waals surface area contributed by atoms with Gasteiger partial charge in [0.05, 0.1) is 11.1 Å². The molecule has 0 atom stereocenters. The van der Waals surface area contributed by atoms with E-state index in [0.29, 0.717) is 0 Å². The average Bonchev–Trinajstić information content (AvgIpc) is 2.76. The van der Waals surface area contributed by atoms with E-state index in [9.17, 15) is 0 Å². The van der Waals surface area contributed by atoms with E-state index in [0.717, 1.165) is 16.0 Å². The third kappa shape index (κ3) is 2.47. The lowest BCUT2D eigenvalue weighted by Gasteiger charge is -1.87. The molecule has 4 heteroatoms. The highest BCUT2D eigenvalue weighted by Crippen LogP contribution is 2.13. The smallest absolute Gasteiger partial charge is 0.0846 e. The van der Waals surface area contributed by atoms with Crippen molar-refractivity contribution in [3.05, 3.63) is 52.0 Å². The molecule has 16 heavy (non-hydrogen) atoms. The van der Waals surface area contributed by atoms with Crippen molar-refractivity contribution in [1.82, 2.24) is 4.98 Å². The molecule has 0 aliphatic heterocycles. The summed E-state index contributed by atoms with van der Waals surface area (Å²) in [6.45, 7) is 0. The van der Waals surface area contributed by atoms with E-state index in [2.05, 4.69) is 22.0 Å². The first-order valence-corrected chi connectivity index (χ1v) is 5.45. The Morgan fingerprint density at radius 3 is 3.06 bits per heavy atom. The molecule has 0 aliphatic carbocycles. The minimum atomic E-state index is 0.846. The van der Waals surface area contributed by atoms with Gasteiger partial charge in [0.25, 0.3) is 0 Å². The van der Waals surface area contributed by atoms with Crippen molar-refractivity contribution < 1.29 is 5.21 Å². The third-order valence-electron chi connectivity index (χ3n) is 1.87. The molecule has 3 nitrogen and oxygen atoms in total. The van der Waals surface area contributed by atoms with Crippen LogP contribution in [0.4, 0.5) is 0 Å². The van der Waals surface area contributed by atoms with E-state index in [-0.39, 0.29) is 0 Å². The van der Waals surface area contributed by atoms with Crippen LogP contribution in [0.1, 0.15) is 16.0 Å². The van der Waals surface area contributed by atoms with Crippen molar-refractivity contribution in [3.63, 3.8) is 0 Å². The Hall–Kier alpha value is -2.12. The maximum atomic E-state index is 8.47. The Balaban J connectivity index is 2.28. The van der Waals surface area contributed by atoms with E-state index in [4.69, 9.17) is 5.21 Å². The van der Waals surface area contributed by atoms with Crippen molar-refractivity contribution in [2.45, 2.75) is 0 Å². The molecular weight excluding hydrogens is 220 g/mol. The summed E-state index contributed by atoms with van der Waals surface area (Å²) in [5.74, 6) is 6.01. The molecule has 0 radical (unpaired) electrons. The van der Waals surface area contributed by atoms with Gasteiger partial charge in [0, 0.05) is 23.5 Å². The first-order chi connectivity index (χ1) is 7.90. The van der Waals surface area contributed by atoms with Crippen LogP contribution in [0, 0.1) is 11.8 Å². The molecule has 0 amide bonds. The number of nitrogens with zero attached hydrogens (tertiary/aromatic N) is 2. The van der Waals surface area contributed by atoms with Crippen LogP contribution in [-0.2, 0) is 0 Å². The second-order valence-corrected chi connectivity index (χ2v) is 3.88. The largest absolute Gasteiger partial charge is 0.411 e. The molecule has 0 unspecified atom stereocenters. The summed E-state index contributed by atoms with van der Waals surface area (Å²) in [5.41, 5.74) is 1.72. The summed E-state index contributed by atoms with van der Waals surface area (Å²) in [6.07, 6.45) is 4.80. The zero-order chi connectivity index (χ0) is 11.2. The molecule has 2 rings (SSSR count). The van der Waals surface area contributed by atoms with Crippen LogP contribution >= 0.6 is 11.3 Å². The Labute approximate surface area is 97.1 Å². The van der Waals surface area contributed by atoms with Gasteiger partial charge < -0.3 is 5.21 Å². The fourth-order valence-electron chi connectivity index (χ4n) is 1.15. The highest BCUT2D eigenvalue weighted by Gasteiger charge is 1.97. The monoisotopic (exact) mass is 228 g/mol. The highest BCUT2D eigenvalue weighted by atomic mass is 32.1. The molecule has 2 heterocycles. The fourth-order valence-corrected chi connectivity index (χ4v) is 1.86. The summed E-state index contributed by atoms with van der Waals surface area (Å²) >= 11 is 1.48. The minimum Gasteiger partial charge on any atom is -0.411 e. The predicted molar refractivity (Wildman–Crippen MR) is 63.9 cm³/mol. The molecule has 2 aromatic rings. The van der Waals surface area contributed by atoms with Crippen molar-refractivity contribution in [2.24, 2.45) is 5.16 Å². The fraction of sp³-hybridized carbons (Fsp3) is 0. The van der Waals surface area contributed by atoms with Gasteiger partial charge in [-0.1, -0.05) is 17.0 Å². The molecule has 2 aromatic heterocycles. The van der Waals surface area contributed by atoms with Crippen LogP contribution in [-0.4, -0.2) is 16.4 Å². The first-order valence-electron chi connectivity index (χ1n) is 4.57. The standard InChI is InChI=1S/C12H8N2OS/c15-14-9-12-11(5-7-16-12)4-3-10-2-1-6-13-8-10/h1-2,5-9,15H/b14-9-. The normalized spacial score (nSPS) is 10.0. The Morgan fingerprint density at radius 2 is 2.31 bits per heavy atom. The van der Waals surface area contributed by atoms with Gasteiger partial charge in [-0.3, -0.25) is 4.98 Å². The zero-order valence-corrected chi connectivity index (χ0v) is 9.11. The van der Waals surface area contributed by atoms with Crippen molar-refractivity contribution in [1.29, 1.82) is 0 Å². The van der Waals surface area contributed by atoms with Gasteiger partial charge in [-0.25, -0.2) is 0 Å². The van der Waals surface area contributed by atoms with Gasteiger partial charge in [0.2, 0.25) is 0 Å². The van der Waals surface area contributed by atoms with E-state index in [1.54, 1.807) is 12.4 Å². The summed E-state index contributed by atoms with van der Waals surface area (Å²) in [7, 11) is 0. The Bertz CT molecular complexity index is 549. The number of hydrogen-bond acceptors (Lipinski definition) is 4. The molecule has 0 aliphatic rings. The number of pyridine rings is 1. The van der Waals surface area contributed by atoms with E-state index in [1.807, 2.05) is 23.6 Å². The van der Waals surface area contributed by atoms with Crippen LogP contribution in [0.15, 0.2) is 41.1 Å². The zero-order valence-electron chi connectivity index (χ0n) is 8.29. The van der Waals surface area contributed by atoms with Gasteiger partial charge in [-0.2, -0.15) is 0 Å². The van der Waals surface area contributed by atoms with Gasteiger partial charge >= 0.3 is 0 Å². The highest BCUT2D eigenvalue weighted by molar-refractivity contribution is 7.12. The Morgan fingerprint density at radius 1 is 1.38 bits per heavy atom. The molecule has 0 bridgehead atoms. The molecule has 0 fully saturated rings. The average molecular weight is 228 g/mol. The maximum absolute atomic E-state index is 8.47. The summed E-state index contributed by atoms with van der Waals surface area (Å²) in [5, 5.41) is 13.4. The number of hydrogen-bond donors (Lipinski definition) is 1. The minimum absolute atomic E-state index is 0.846. The third-order valence-corrected chi connectivity index (χ3v) is 2.72. The summed E-state index contributed by atoms with van der Waals surface area (Å²) in [6, 6.07) is 5.63. The molecular formula is C12H8N2OS. The molecule has 1 N–H and O–H groups in total. The van der Waals surface area contributed by atoms with Crippen molar-refractivity contribution in [2.75, 3.05) is 0 Å². The van der Waals surface area contributed by atoms with E-state index >= 15 is 0 Å². The van der Waals surface area contributed by atoms with Crippen LogP contribution in [0.5, 0.6) is 0 Å². The second kappa shape index (κ2) is 5.10. The summed E-state index contributed by atoms with van der Waals surface area (Å²) < 4.78 is 0. The molecule has 0 saturated heterocycles. The molecule has 0 saturated carbocycles. The van der Waals surface area contributed by atoms with Crippen LogP contribution < -0.4 is 0 Å². The van der Waals surface area contributed by atoms with Crippen molar-refractivity contribution in [3.8, 4) is 11.8 Å². The quantitative estimate of drug-likeness (QED) is 0.352. The number of rotatable bonds is 1. The van der Waals surface area contributed by atoms with Gasteiger partial charge in [-0.05, 0) is 23.6 Å². The number of oxime groups is 1. The van der Waals surface area contributed by atoms with Crippen molar-refractivity contribution >= 4 is 17.6 Å². The molecule has 78 valence electrons. The van der Waals surface area contributed by atoms with Crippen LogP contribution in [0.3, 0.4) is 0 Å². The van der Waals surface area contributed by atoms with E-state index in [1.165, 1.54) is 17.6 Å². The lowest BCUT2D eigenvalue weighted by atomic mass is 10.2. The number of aromatic nitrogens is 1. The Kier molecular flexibility index (Phi) is 3.31. The maximum Gasteiger partial charge on any atom is 0.0846 e. The van der Waals surface area contributed by atoms with Gasteiger partial charge in [-0.15, -0.1) is 11.3 Å².